The lowest BCUT2D eigenvalue weighted by Crippen LogP contribution is -2.40. The Labute approximate surface area is 131 Å². The van der Waals surface area contributed by atoms with Crippen LogP contribution in [0.25, 0.3) is 0 Å². The topological polar surface area (TPSA) is 73.0 Å². The molecule has 0 aromatic carbocycles. The molecular formula is C16H25N5O. The van der Waals surface area contributed by atoms with E-state index in [9.17, 15) is 4.79 Å². The third-order valence-electron chi connectivity index (χ3n) is 3.95. The minimum absolute atomic E-state index is 0.203. The summed E-state index contributed by atoms with van der Waals surface area (Å²) in [6, 6.07) is 0.627. The van der Waals surface area contributed by atoms with Crippen LogP contribution in [0.4, 0.5) is 0 Å². The number of aromatic amines is 1. The standard InChI is InChI=1S/C16H25N5O/c1-6-13(9-21(5)12(4)17-14-7-8-14)18-16(22)15-10(2)11(3)19-20-15/h6,9,12,14,17H,1,7-8H2,2-5H3,(H,18,22)(H,19,20)/b13-9+. The van der Waals surface area contributed by atoms with Gasteiger partial charge in [0.15, 0.2) is 5.69 Å². The van der Waals surface area contributed by atoms with E-state index in [1.807, 2.05) is 32.0 Å². The van der Waals surface area contributed by atoms with Crippen molar-refractivity contribution in [2.75, 3.05) is 7.05 Å². The van der Waals surface area contributed by atoms with Crippen molar-refractivity contribution >= 4 is 5.91 Å². The van der Waals surface area contributed by atoms with Crippen LogP contribution in [-0.4, -0.2) is 40.3 Å². The number of nitrogens with zero attached hydrogens (tertiary/aromatic N) is 2. The molecule has 1 aliphatic rings. The highest BCUT2D eigenvalue weighted by molar-refractivity contribution is 5.95. The fourth-order valence-corrected chi connectivity index (χ4v) is 2.07. The van der Waals surface area contributed by atoms with Crippen LogP contribution in [0.2, 0.25) is 0 Å². The van der Waals surface area contributed by atoms with Gasteiger partial charge in [-0.2, -0.15) is 5.10 Å². The quantitative estimate of drug-likeness (QED) is 0.530. The summed E-state index contributed by atoms with van der Waals surface area (Å²) in [6.45, 7) is 9.62. The third-order valence-corrected chi connectivity index (χ3v) is 3.95. The van der Waals surface area contributed by atoms with Crippen molar-refractivity contribution in [1.82, 2.24) is 25.7 Å². The lowest BCUT2D eigenvalue weighted by Gasteiger charge is -2.25. The smallest absolute Gasteiger partial charge is 0.276 e. The summed E-state index contributed by atoms with van der Waals surface area (Å²) in [6.07, 6.45) is 6.19. The second kappa shape index (κ2) is 6.79. The van der Waals surface area contributed by atoms with Crippen molar-refractivity contribution in [3.8, 4) is 0 Å². The summed E-state index contributed by atoms with van der Waals surface area (Å²) >= 11 is 0. The van der Waals surface area contributed by atoms with Crippen LogP contribution in [0.3, 0.4) is 0 Å². The second-order valence-electron chi connectivity index (χ2n) is 5.85. The Kier molecular flexibility index (Phi) is 5.03. The first-order chi connectivity index (χ1) is 10.4. The number of hydrogen-bond donors (Lipinski definition) is 3. The molecule has 1 fully saturated rings. The first-order valence-electron chi connectivity index (χ1n) is 7.57. The molecule has 1 amide bonds. The molecule has 6 nitrogen and oxygen atoms in total. The van der Waals surface area contributed by atoms with Gasteiger partial charge in [0.25, 0.3) is 5.91 Å². The van der Waals surface area contributed by atoms with Gasteiger partial charge in [0.05, 0.1) is 11.9 Å². The van der Waals surface area contributed by atoms with Crippen molar-refractivity contribution < 1.29 is 4.79 Å². The monoisotopic (exact) mass is 303 g/mol. The molecule has 1 unspecified atom stereocenters. The maximum atomic E-state index is 12.3. The maximum Gasteiger partial charge on any atom is 0.276 e. The molecule has 3 N–H and O–H groups in total. The second-order valence-corrected chi connectivity index (χ2v) is 5.85. The van der Waals surface area contributed by atoms with E-state index in [2.05, 4.69) is 34.3 Å². The molecule has 1 aliphatic carbocycles. The van der Waals surface area contributed by atoms with Crippen LogP contribution in [-0.2, 0) is 0 Å². The van der Waals surface area contributed by atoms with E-state index in [1.165, 1.54) is 12.8 Å². The number of hydrogen-bond acceptors (Lipinski definition) is 4. The van der Waals surface area contributed by atoms with E-state index in [1.54, 1.807) is 6.08 Å². The lowest BCUT2D eigenvalue weighted by atomic mass is 10.2. The number of amides is 1. The molecule has 22 heavy (non-hydrogen) atoms. The number of carbonyl (C=O) groups is 1. The summed E-state index contributed by atoms with van der Waals surface area (Å²) in [4.78, 5) is 14.3. The zero-order valence-electron chi connectivity index (χ0n) is 13.7. The van der Waals surface area contributed by atoms with Gasteiger partial charge < -0.3 is 10.2 Å². The van der Waals surface area contributed by atoms with Crippen LogP contribution in [0.5, 0.6) is 0 Å². The van der Waals surface area contributed by atoms with Gasteiger partial charge in [-0.05, 0) is 39.7 Å². The molecule has 1 heterocycles. The number of H-pyrrole nitrogens is 1. The zero-order chi connectivity index (χ0) is 16.3. The summed E-state index contributed by atoms with van der Waals surface area (Å²) in [5.74, 6) is -0.232. The van der Waals surface area contributed by atoms with E-state index in [4.69, 9.17) is 0 Å². The van der Waals surface area contributed by atoms with Gasteiger partial charge in [0.1, 0.15) is 0 Å². The minimum atomic E-state index is -0.232. The van der Waals surface area contributed by atoms with E-state index in [0.29, 0.717) is 17.4 Å². The minimum Gasteiger partial charge on any atom is -0.363 e. The zero-order valence-corrected chi connectivity index (χ0v) is 13.7. The Balaban J connectivity index is 2.00. The third kappa shape index (κ3) is 3.98. The highest BCUT2D eigenvalue weighted by Gasteiger charge is 2.23. The van der Waals surface area contributed by atoms with Gasteiger partial charge in [0, 0.05) is 30.5 Å². The maximum absolute atomic E-state index is 12.3. The first-order valence-corrected chi connectivity index (χ1v) is 7.57. The Morgan fingerprint density at radius 1 is 1.50 bits per heavy atom. The predicted octanol–water partition coefficient (Wildman–Crippen LogP) is 1.81. The van der Waals surface area contributed by atoms with E-state index in [0.717, 1.165) is 11.3 Å². The van der Waals surface area contributed by atoms with Crippen molar-refractivity contribution in [2.24, 2.45) is 0 Å². The van der Waals surface area contributed by atoms with Crippen molar-refractivity contribution in [1.29, 1.82) is 0 Å². The summed E-state index contributed by atoms with van der Waals surface area (Å²) in [5, 5.41) is 13.2. The predicted molar refractivity (Wildman–Crippen MR) is 87.2 cm³/mol. The largest absolute Gasteiger partial charge is 0.363 e. The SMILES string of the molecule is C=C/C(=C\N(C)C(C)NC1CC1)NC(=O)c1n[nH]c(C)c1C. The first kappa shape index (κ1) is 16.3. The number of aryl methyl sites for hydroxylation is 1. The van der Waals surface area contributed by atoms with Crippen LogP contribution in [0.1, 0.15) is 41.5 Å². The Bertz CT molecular complexity index is 585. The van der Waals surface area contributed by atoms with Gasteiger partial charge in [0.2, 0.25) is 0 Å². The molecule has 0 aliphatic heterocycles. The van der Waals surface area contributed by atoms with E-state index >= 15 is 0 Å². The van der Waals surface area contributed by atoms with Crippen molar-refractivity contribution in [3.05, 3.63) is 41.5 Å². The Morgan fingerprint density at radius 2 is 2.18 bits per heavy atom. The number of carbonyl (C=O) groups excluding carboxylic acids is 1. The molecule has 0 radical (unpaired) electrons. The van der Waals surface area contributed by atoms with Gasteiger partial charge in [-0.1, -0.05) is 6.58 Å². The van der Waals surface area contributed by atoms with E-state index < -0.39 is 0 Å². The van der Waals surface area contributed by atoms with Crippen LogP contribution in [0.15, 0.2) is 24.6 Å². The van der Waals surface area contributed by atoms with Crippen LogP contribution in [0, 0.1) is 13.8 Å². The summed E-state index contributed by atoms with van der Waals surface area (Å²) < 4.78 is 0. The molecular weight excluding hydrogens is 278 g/mol. The highest BCUT2D eigenvalue weighted by atomic mass is 16.2. The molecule has 2 rings (SSSR count). The molecule has 0 saturated heterocycles. The molecule has 0 bridgehead atoms. The van der Waals surface area contributed by atoms with Gasteiger partial charge >= 0.3 is 0 Å². The van der Waals surface area contributed by atoms with Gasteiger partial charge in [-0.25, -0.2) is 0 Å². The molecule has 1 aromatic heterocycles. The van der Waals surface area contributed by atoms with Gasteiger partial charge in [-0.3, -0.25) is 15.2 Å². The van der Waals surface area contributed by atoms with Gasteiger partial charge in [-0.15, -0.1) is 0 Å². The van der Waals surface area contributed by atoms with Crippen LogP contribution >= 0.6 is 0 Å². The molecule has 1 atom stereocenters. The average Bonchev–Trinajstić information content (AvgIpc) is 3.23. The normalized spacial score (nSPS) is 16.3. The summed E-state index contributed by atoms with van der Waals surface area (Å²) in [5.41, 5.74) is 2.82. The fraction of sp³-hybridized carbons (Fsp3) is 0.500. The number of nitrogens with one attached hydrogen (secondary N) is 3. The number of rotatable bonds is 7. The Morgan fingerprint density at radius 3 is 2.68 bits per heavy atom. The van der Waals surface area contributed by atoms with E-state index in [-0.39, 0.29) is 12.1 Å². The number of allylic oxidation sites excluding steroid dienone is 1. The number of aromatic nitrogens is 2. The summed E-state index contributed by atoms with van der Waals surface area (Å²) in [7, 11) is 1.97. The molecule has 6 heteroatoms. The average molecular weight is 303 g/mol. The molecule has 1 aromatic rings. The Hall–Kier alpha value is -2.08. The highest BCUT2D eigenvalue weighted by Crippen LogP contribution is 2.19. The van der Waals surface area contributed by atoms with Crippen molar-refractivity contribution in [3.63, 3.8) is 0 Å². The lowest BCUT2D eigenvalue weighted by molar-refractivity contribution is 0.0960. The molecule has 120 valence electrons. The fourth-order valence-electron chi connectivity index (χ4n) is 2.07. The van der Waals surface area contributed by atoms with Crippen LogP contribution < -0.4 is 10.6 Å². The molecule has 1 saturated carbocycles. The molecule has 0 spiro atoms. The van der Waals surface area contributed by atoms with Crippen molar-refractivity contribution in [2.45, 2.75) is 45.8 Å².